The molecule has 10 heteroatoms. The highest BCUT2D eigenvalue weighted by atomic mass is 32.2. The smallest absolute Gasteiger partial charge is 0.274 e. The summed E-state index contributed by atoms with van der Waals surface area (Å²) in [6.07, 6.45) is 0.852. The fourth-order valence-corrected chi connectivity index (χ4v) is 5.71. The number of carbonyl (C=O) groups excluding carboxylic acids is 1. The maximum absolute atomic E-state index is 13.8. The number of thiazole rings is 1. The van der Waals surface area contributed by atoms with Crippen LogP contribution in [0, 0.1) is 5.82 Å². The van der Waals surface area contributed by atoms with E-state index in [-0.39, 0.29) is 22.7 Å². The number of nitrogens with zero attached hydrogens (tertiary/aromatic N) is 2. The molecule has 1 amide bonds. The molecule has 1 aliphatic heterocycles. The number of para-hydroxylation sites is 1. The summed E-state index contributed by atoms with van der Waals surface area (Å²) in [4.78, 5) is 15.5. The first-order chi connectivity index (χ1) is 14.3. The van der Waals surface area contributed by atoms with Crippen LogP contribution in [0.15, 0.2) is 47.4 Å². The number of ether oxygens (including phenoxy) is 1. The van der Waals surface area contributed by atoms with E-state index in [4.69, 9.17) is 4.74 Å². The van der Waals surface area contributed by atoms with E-state index in [0.717, 1.165) is 0 Å². The number of benzene rings is 2. The molecule has 1 aliphatic rings. The SMILES string of the molecule is CC(=O)Nc1ccc(S(=O)(=O)N2CCC(Oc3nc4c(F)cccc4s3)CC2)cc1. The van der Waals surface area contributed by atoms with Crippen molar-refractivity contribution in [2.45, 2.75) is 30.8 Å². The third-order valence-electron chi connectivity index (χ3n) is 4.83. The van der Waals surface area contributed by atoms with E-state index in [2.05, 4.69) is 10.3 Å². The number of sulfonamides is 1. The zero-order chi connectivity index (χ0) is 21.3. The second-order valence-electron chi connectivity index (χ2n) is 6.99. The molecule has 1 aromatic heterocycles. The van der Waals surface area contributed by atoms with Crippen molar-refractivity contribution in [3.05, 3.63) is 48.3 Å². The van der Waals surface area contributed by atoms with Crippen LogP contribution < -0.4 is 10.1 Å². The highest BCUT2D eigenvalue weighted by Crippen LogP contribution is 2.31. The van der Waals surface area contributed by atoms with Crippen LogP contribution in [-0.4, -0.2) is 42.8 Å². The zero-order valence-electron chi connectivity index (χ0n) is 16.2. The molecule has 0 atom stereocenters. The number of carbonyl (C=O) groups is 1. The van der Waals surface area contributed by atoms with Crippen molar-refractivity contribution in [1.82, 2.24) is 9.29 Å². The van der Waals surface area contributed by atoms with Crippen LogP contribution in [0.5, 0.6) is 5.19 Å². The quantitative estimate of drug-likeness (QED) is 0.643. The number of piperidine rings is 1. The minimum atomic E-state index is -3.63. The maximum Gasteiger partial charge on any atom is 0.274 e. The van der Waals surface area contributed by atoms with Crippen LogP contribution in [0.3, 0.4) is 0 Å². The van der Waals surface area contributed by atoms with E-state index in [1.165, 1.54) is 40.8 Å². The summed E-state index contributed by atoms with van der Waals surface area (Å²) in [5.74, 6) is -0.604. The van der Waals surface area contributed by atoms with E-state index >= 15 is 0 Å². The summed E-state index contributed by atoms with van der Waals surface area (Å²) in [5.41, 5.74) is 0.834. The van der Waals surface area contributed by atoms with Crippen molar-refractivity contribution in [2.75, 3.05) is 18.4 Å². The van der Waals surface area contributed by atoms with E-state index in [0.29, 0.717) is 47.0 Å². The van der Waals surface area contributed by atoms with Crippen molar-refractivity contribution in [1.29, 1.82) is 0 Å². The third kappa shape index (κ3) is 4.30. The number of hydrogen-bond acceptors (Lipinski definition) is 6. The molecule has 7 nitrogen and oxygen atoms in total. The van der Waals surface area contributed by atoms with E-state index < -0.39 is 10.0 Å². The number of hydrogen-bond donors (Lipinski definition) is 1. The van der Waals surface area contributed by atoms with Crippen LogP contribution in [0.4, 0.5) is 10.1 Å². The van der Waals surface area contributed by atoms with Gasteiger partial charge in [-0.2, -0.15) is 9.29 Å². The van der Waals surface area contributed by atoms with Gasteiger partial charge in [-0.25, -0.2) is 12.8 Å². The van der Waals surface area contributed by atoms with Crippen molar-refractivity contribution in [3.63, 3.8) is 0 Å². The standard InChI is InChI=1S/C20H20FN3O4S2/c1-13(25)22-14-5-7-16(8-6-14)30(26,27)24-11-9-15(10-12-24)28-20-23-19-17(21)3-2-4-18(19)29-20/h2-8,15H,9-12H2,1H3,(H,22,25). The van der Waals surface area contributed by atoms with Crippen molar-refractivity contribution < 1.29 is 22.3 Å². The second-order valence-corrected chi connectivity index (χ2v) is 9.92. The average molecular weight is 450 g/mol. The van der Waals surface area contributed by atoms with E-state index in [1.807, 2.05) is 0 Å². The number of fused-ring (bicyclic) bond motifs is 1. The third-order valence-corrected chi connectivity index (χ3v) is 7.66. The molecule has 4 rings (SSSR count). The number of anilines is 1. The molecule has 1 N–H and O–H groups in total. The number of rotatable bonds is 5. The molecule has 158 valence electrons. The first-order valence-electron chi connectivity index (χ1n) is 9.42. The molecule has 0 aliphatic carbocycles. The van der Waals surface area contributed by atoms with Gasteiger partial charge in [0, 0.05) is 25.7 Å². The van der Waals surface area contributed by atoms with Gasteiger partial charge in [-0.3, -0.25) is 4.79 Å². The van der Waals surface area contributed by atoms with Crippen LogP contribution in [0.2, 0.25) is 0 Å². The molecule has 0 radical (unpaired) electrons. The molecule has 0 saturated carbocycles. The van der Waals surface area contributed by atoms with Gasteiger partial charge in [0.15, 0.2) is 0 Å². The Morgan fingerprint density at radius 1 is 1.20 bits per heavy atom. The molecule has 1 saturated heterocycles. The fraction of sp³-hybridized carbons (Fsp3) is 0.300. The lowest BCUT2D eigenvalue weighted by molar-refractivity contribution is -0.114. The van der Waals surface area contributed by atoms with Gasteiger partial charge in [0.25, 0.3) is 5.19 Å². The Bertz CT molecular complexity index is 1170. The predicted molar refractivity (Wildman–Crippen MR) is 113 cm³/mol. The molecule has 2 heterocycles. The summed E-state index contributed by atoms with van der Waals surface area (Å²) < 4.78 is 47.6. The first-order valence-corrected chi connectivity index (χ1v) is 11.7. The highest BCUT2D eigenvalue weighted by molar-refractivity contribution is 7.89. The summed E-state index contributed by atoms with van der Waals surface area (Å²) in [5, 5.41) is 3.01. The van der Waals surface area contributed by atoms with Crippen LogP contribution >= 0.6 is 11.3 Å². The molecule has 0 unspecified atom stereocenters. The minimum Gasteiger partial charge on any atom is -0.467 e. The topological polar surface area (TPSA) is 88.6 Å². The zero-order valence-corrected chi connectivity index (χ0v) is 17.8. The lowest BCUT2D eigenvalue weighted by Crippen LogP contribution is -2.41. The molecule has 0 spiro atoms. The highest BCUT2D eigenvalue weighted by Gasteiger charge is 2.30. The summed E-state index contributed by atoms with van der Waals surface area (Å²) in [6.45, 7) is 2.03. The largest absolute Gasteiger partial charge is 0.467 e. The number of nitrogens with one attached hydrogen (secondary N) is 1. The molecule has 2 aromatic carbocycles. The molecular weight excluding hydrogens is 429 g/mol. The first kappa shape index (κ1) is 20.7. The van der Waals surface area contributed by atoms with Gasteiger partial charge in [0.1, 0.15) is 17.4 Å². The van der Waals surface area contributed by atoms with Crippen molar-refractivity contribution >= 4 is 43.2 Å². The Labute approximate surface area is 177 Å². The van der Waals surface area contributed by atoms with Gasteiger partial charge in [0.05, 0.1) is 9.60 Å². The summed E-state index contributed by atoms with van der Waals surface area (Å²) in [6, 6.07) is 10.9. The van der Waals surface area contributed by atoms with Crippen LogP contribution in [0.25, 0.3) is 10.2 Å². The lowest BCUT2D eigenvalue weighted by Gasteiger charge is -2.30. The van der Waals surface area contributed by atoms with Gasteiger partial charge in [0.2, 0.25) is 15.9 Å². The van der Waals surface area contributed by atoms with Gasteiger partial charge >= 0.3 is 0 Å². The molecule has 3 aromatic rings. The average Bonchev–Trinajstić information content (AvgIpc) is 3.12. The Kier molecular flexibility index (Phi) is 5.72. The molecular formula is C20H20FN3O4S2. The van der Waals surface area contributed by atoms with Gasteiger partial charge in [-0.1, -0.05) is 17.4 Å². The molecule has 1 fully saturated rings. The predicted octanol–water partition coefficient (Wildman–Crippen LogP) is 3.63. The van der Waals surface area contributed by atoms with E-state index in [1.54, 1.807) is 24.3 Å². The van der Waals surface area contributed by atoms with Gasteiger partial charge in [-0.05, 0) is 49.2 Å². The number of aromatic nitrogens is 1. The van der Waals surface area contributed by atoms with Crippen molar-refractivity contribution in [3.8, 4) is 5.19 Å². The van der Waals surface area contributed by atoms with E-state index in [9.17, 15) is 17.6 Å². The van der Waals surface area contributed by atoms with Crippen LogP contribution in [0.1, 0.15) is 19.8 Å². The summed E-state index contributed by atoms with van der Waals surface area (Å²) >= 11 is 1.28. The minimum absolute atomic E-state index is 0.178. The van der Waals surface area contributed by atoms with Crippen molar-refractivity contribution in [2.24, 2.45) is 0 Å². The molecule has 30 heavy (non-hydrogen) atoms. The fourth-order valence-electron chi connectivity index (χ4n) is 3.34. The Morgan fingerprint density at radius 2 is 1.90 bits per heavy atom. The maximum atomic E-state index is 13.8. The monoisotopic (exact) mass is 449 g/mol. The molecule has 0 bridgehead atoms. The normalized spacial score (nSPS) is 15.9. The lowest BCUT2D eigenvalue weighted by atomic mass is 10.1. The second kappa shape index (κ2) is 8.29. The Morgan fingerprint density at radius 3 is 2.53 bits per heavy atom. The Hall–Kier alpha value is -2.56. The number of amides is 1. The summed E-state index contributed by atoms with van der Waals surface area (Å²) in [7, 11) is -3.63. The Balaban J connectivity index is 1.39. The van der Waals surface area contributed by atoms with Crippen LogP contribution in [-0.2, 0) is 14.8 Å². The van der Waals surface area contributed by atoms with Gasteiger partial charge in [-0.15, -0.1) is 0 Å². The van der Waals surface area contributed by atoms with Gasteiger partial charge < -0.3 is 10.1 Å². The number of halogens is 1.